The van der Waals surface area contributed by atoms with Gasteiger partial charge < -0.3 is 15.4 Å². The third kappa shape index (κ3) is 3.85. The number of aryl methyl sites for hydroxylation is 1. The molecule has 0 saturated heterocycles. The molecule has 1 rings (SSSR count). The number of anilines is 1. The lowest BCUT2D eigenvalue weighted by Crippen LogP contribution is -2.28. The van der Waals surface area contributed by atoms with Gasteiger partial charge in [0.05, 0.1) is 5.56 Å². The number of nitrogens with two attached hydrogens (primary N) is 1. The van der Waals surface area contributed by atoms with Crippen LogP contribution in [0.1, 0.15) is 25.2 Å². The van der Waals surface area contributed by atoms with E-state index < -0.39 is 0 Å². The van der Waals surface area contributed by atoms with Crippen molar-refractivity contribution in [1.29, 1.82) is 0 Å². The fraction of sp³-hybridized carbons (Fsp3) is 0.667. The Hall–Kier alpha value is -1.36. The first-order valence-electron chi connectivity index (χ1n) is 6.04. The van der Waals surface area contributed by atoms with Crippen molar-refractivity contribution in [1.82, 2.24) is 14.9 Å². The summed E-state index contributed by atoms with van der Waals surface area (Å²) in [6.07, 6.45) is 0. The van der Waals surface area contributed by atoms with Gasteiger partial charge >= 0.3 is 0 Å². The average molecular weight is 238 g/mol. The fourth-order valence-electron chi connectivity index (χ4n) is 1.58. The zero-order chi connectivity index (χ0) is 12.8. The van der Waals surface area contributed by atoms with Crippen LogP contribution in [0.2, 0.25) is 0 Å². The van der Waals surface area contributed by atoms with Crippen LogP contribution >= 0.6 is 0 Å². The third-order valence-electron chi connectivity index (χ3n) is 2.79. The highest BCUT2D eigenvalue weighted by molar-refractivity contribution is 5.44. The second-order valence-electron chi connectivity index (χ2n) is 3.96. The van der Waals surface area contributed by atoms with E-state index in [0.717, 1.165) is 25.2 Å². The van der Waals surface area contributed by atoms with E-state index in [9.17, 15) is 0 Å². The molecule has 0 fully saturated rings. The van der Waals surface area contributed by atoms with Crippen LogP contribution in [0.3, 0.4) is 0 Å². The van der Waals surface area contributed by atoms with Crippen molar-refractivity contribution in [3.63, 3.8) is 0 Å². The Bertz CT molecular complexity index is 364. The van der Waals surface area contributed by atoms with Crippen molar-refractivity contribution in [2.24, 2.45) is 0 Å². The molecular formula is C12H22N4O. The molecule has 0 saturated carbocycles. The molecule has 0 aliphatic heterocycles. The van der Waals surface area contributed by atoms with E-state index >= 15 is 0 Å². The zero-order valence-corrected chi connectivity index (χ0v) is 11.2. The number of aromatic nitrogens is 2. The van der Waals surface area contributed by atoms with Crippen molar-refractivity contribution in [3.8, 4) is 5.88 Å². The SMILES string of the molecule is CCN(CC)CCOc1nc(C)nc(N)c1C. The molecule has 96 valence electrons. The molecule has 0 spiro atoms. The maximum atomic E-state index is 5.76. The number of nitrogen functional groups attached to an aromatic ring is 1. The second kappa shape index (κ2) is 6.39. The van der Waals surface area contributed by atoms with Crippen molar-refractivity contribution >= 4 is 5.82 Å². The van der Waals surface area contributed by atoms with Gasteiger partial charge in [-0.2, -0.15) is 4.98 Å². The molecule has 0 amide bonds. The topological polar surface area (TPSA) is 64.3 Å². The maximum absolute atomic E-state index is 5.76. The summed E-state index contributed by atoms with van der Waals surface area (Å²) in [4.78, 5) is 10.6. The Morgan fingerprint density at radius 2 is 1.82 bits per heavy atom. The molecule has 1 aromatic rings. The normalized spacial score (nSPS) is 10.9. The van der Waals surface area contributed by atoms with Crippen molar-refractivity contribution < 1.29 is 4.74 Å². The first kappa shape index (κ1) is 13.7. The molecule has 0 bridgehead atoms. The summed E-state index contributed by atoms with van der Waals surface area (Å²) in [5.74, 6) is 1.74. The summed E-state index contributed by atoms with van der Waals surface area (Å²) in [6.45, 7) is 11.6. The highest BCUT2D eigenvalue weighted by atomic mass is 16.5. The van der Waals surface area contributed by atoms with E-state index in [1.165, 1.54) is 0 Å². The minimum Gasteiger partial charge on any atom is -0.476 e. The van der Waals surface area contributed by atoms with Crippen molar-refractivity contribution in [2.75, 3.05) is 32.0 Å². The molecule has 0 aliphatic carbocycles. The van der Waals surface area contributed by atoms with Gasteiger partial charge in [-0.15, -0.1) is 0 Å². The lowest BCUT2D eigenvalue weighted by Gasteiger charge is -2.18. The number of nitrogens with zero attached hydrogens (tertiary/aromatic N) is 3. The molecule has 5 heteroatoms. The monoisotopic (exact) mass is 238 g/mol. The van der Waals surface area contributed by atoms with Crippen LogP contribution in [0.25, 0.3) is 0 Å². The van der Waals surface area contributed by atoms with Gasteiger partial charge in [0.15, 0.2) is 0 Å². The smallest absolute Gasteiger partial charge is 0.221 e. The molecule has 2 N–H and O–H groups in total. The van der Waals surface area contributed by atoms with Gasteiger partial charge in [-0.05, 0) is 26.9 Å². The van der Waals surface area contributed by atoms with Crippen molar-refractivity contribution in [3.05, 3.63) is 11.4 Å². The number of hydrogen-bond acceptors (Lipinski definition) is 5. The zero-order valence-electron chi connectivity index (χ0n) is 11.2. The predicted octanol–water partition coefficient (Wildman–Crippen LogP) is 1.40. The molecule has 1 aromatic heterocycles. The van der Waals surface area contributed by atoms with E-state index in [2.05, 4.69) is 28.7 Å². The molecule has 0 aromatic carbocycles. The van der Waals surface area contributed by atoms with Crippen molar-refractivity contribution in [2.45, 2.75) is 27.7 Å². The van der Waals surface area contributed by atoms with Crippen LogP contribution in [0, 0.1) is 13.8 Å². The molecule has 0 unspecified atom stereocenters. The quantitative estimate of drug-likeness (QED) is 0.811. The summed E-state index contributed by atoms with van der Waals surface area (Å²) in [6, 6.07) is 0. The molecule has 5 nitrogen and oxygen atoms in total. The molecule has 0 atom stereocenters. The maximum Gasteiger partial charge on any atom is 0.221 e. The molecule has 0 radical (unpaired) electrons. The molecule has 0 aliphatic rings. The Morgan fingerprint density at radius 3 is 2.41 bits per heavy atom. The number of hydrogen-bond donors (Lipinski definition) is 1. The first-order chi connectivity index (χ1) is 8.08. The summed E-state index contributed by atoms with van der Waals surface area (Å²) in [5, 5.41) is 0. The third-order valence-corrected chi connectivity index (χ3v) is 2.79. The van der Waals surface area contributed by atoms with Crippen LogP contribution in [0.15, 0.2) is 0 Å². The lowest BCUT2D eigenvalue weighted by atomic mass is 10.3. The number of likely N-dealkylation sites (N-methyl/N-ethyl adjacent to an activating group) is 1. The molecule has 17 heavy (non-hydrogen) atoms. The summed E-state index contributed by atoms with van der Waals surface area (Å²) < 4.78 is 5.66. The van der Waals surface area contributed by atoms with E-state index in [-0.39, 0.29) is 0 Å². The van der Waals surface area contributed by atoms with E-state index in [0.29, 0.717) is 24.1 Å². The van der Waals surface area contributed by atoms with Gasteiger partial charge in [0, 0.05) is 6.54 Å². The lowest BCUT2D eigenvalue weighted by molar-refractivity contribution is 0.216. The van der Waals surface area contributed by atoms with E-state index in [1.54, 1.807) is 0 Å². The predicted molar refractivity (Wildman–Crippen MR) is 69.2 cm³/mol. The standard InChI is InChI=1S/C12H22N4O/c1-5-16(6-2)7-8-17-12-9(3)11(13)14-10(4)15-12/h5-8H2,1-4H3,(H2,13,14,15). The van der Waals surface area contributed by atoms with Crippen LogP contribution in [-0.4, -0.2) is 41.1 Å². The molecule has 1 heterocycles. The van der Waals surface area contributed by atoms with Gasteiger partial charge in [0.1, 0.15) is 18.2 Å². The van der Waals surface area contributed by atoms with Gasteiger partial charge in [0.25, 0.3) is 0 Å². The Kier molecular flexibility index (Phi) is 5.15. The van der Waals surface area contributed by atoms with Gasteiger partial charge in [0.2, 0.25) is 5.88 Å². The van der Waals surface area contributed by atoms with Gasteiger partial charge in [-0.25, -0.2) is 4.98 Å². The number of rotatable bonds is 6. The molecular weight excluding hydrogens is 216 g/mol. The fourth-order valence-corrected chi connectivity index (χ4v) is 1.58. The average Bonchev–Trinajstić information content (AvgIpc) is 2.30. The van der Waals surface area contributed by atoms with E-state index in [1.807, 2.05) is 13.8 Å². The van der Waals surface area contributed by atoms with Crippen LogP contribution in [-0.2, 0) is 0 Å². The highest BCUT2D eigenvalue weighted by Crippen LogP contribution is 2.18. The van der Waals surface area contributed by atoms with E-state index in [4.69, 9.17) is 10.5 Å². The van der Waals surface area contributed by atoms with Crippen LogP contribution in [0.5, 0.6) is 5.88 Å². The summed E-state index contributed by atoms with van der Waals surface area (Å²) >= 11 is 0. The number of ether oxygens (including phenoxy) is 1. The van der Waals surface area contributed by atoms with Gasteiger partial charge in [-0.1, -0.05) is 13.8 Å². The minimum atomic E-state index is 0.496. The Labute approximate surface area is 103 Å². The first-order valence-corrected chi connectivity index (χ1v) is 6.04. The van der Waals surface area contributed by atoms with Crippen LogP contribution < -0.4 is 10.5 Å². The Balaban J connectivity index is 2.57. The summed E-state index contributed by atoms with van der Waals surface area (Å²) in [5.41, 5.74) is 6.58. The summed E-state index contributed by atoms with van der Waals surface area (Å²) in [7, 11) is 0. The van der Waals surface area contributed by atoms with Gasteiger partial charge in [-0.3, -0.25) is 0 Å². The largest absolute Gasteiger partial charge is 0.476 e. The Morgan fingerprint density at radius 1 is 1.18 bits per heavy atom. The minimum absolute atomic E-state index is 0.496. The second-order valence-corrected chi connectivity index (χ2v) is 3.96. The van der Waals surface area contributed by atoms with Crippen LogP contribution in [0.4, 0.5) is 5.82 Å². The highest BCUT2D eigenvalue weighted by Gasteiger charge is 2.08.